The molecular weight excluding hydrogens is 319 g/mol. The van der Waals surface area contributed by atoms with Crippen LogP contribution in [-0.4, -0.2) is 14.0 Å². The fraction of sp³-hybridized carbons (Fsp3) is 1.00. The lowest BCUT2D eigenvalue weighted by Crippen LogP contribution is -2.31. The molecule has 0 aromatic rings. The van der Waals surface area contributed by atoms with Crippen molar-refractivity contribution in [2.24, 2.45) is 22.2 Å². The fourth-order valence-corrected chi connectivity index (χ4v) is 7.07. The SMILES string of the molecule is CO[Si](Cl)(Cl)CC(C)CC(C)(C)CC(C)(C)CC(C)(C)C. The molecule has 21 heavy (non-hydrogen) atoms. The highest BCUT2D eigenvalue weighted by Crippen LogP contribution is 2.45. The molecule has 0 N–H and O–H groups in total. The second-order valence-corrected chi connectivity index (χ2v) is 15.9. The quantitative estimate of drug-likeness (QED) is 0.338. The van der Waals surface area contributed by atoms with Crippen molar-refractivity contribution in [1.29, 1.82) is 0 Å². The fourth-order valence-electron chi connectivity index (χ4n) is 4.37. The molecule has 0 spiro atoms. The maximum atomic E-state index is 6.25. The minimum atomic E-state index is -2.49. The van der Waals surface area contributed by atoms with Crippen LogP contribution in [0.2, 0.25) is 6.04 Å². The van der Waals surface area contributed by atoms with E-state index in [0.29, 0.717) is 22.2 Å². The molecule has 128 valence electrons. The van der Waals surface area contributed by atoms with E-state index in [2.05, 4.69) is 55.4 Å². The summed E-state index contributed by atoms with van der Waals surface area (Å²) in [5.74, 6) is 0.493. The lowest BCUT2D eigenvalue weighted by Gasteiger charge is -2.40. The molecule has 0 heterocycles. The van der Waals surface area contributed by atoms with Gasteiger partial charge in [-0.1, -0.05) is 55.4 Å². The van der Waals surface area contributed by atoms with Crippen LogP contribution in [0.1, 0.15) is 74.7 Å². The van der Waals surface area contributed by atoms with E-state index < -0.39 is 6.94 Å². The van der Waals surface area contributed by atoms with E-state index in [1.165, 1.54) is 12.8 Å². The number of hydrogen-bond donors (Lipinski definition) is 0. The zero-order chi connectivity index (χ0) is 17.1. The third kappa shape index (κ3) is 11.0. The van der Waals surface area contributed by atoms with Crippen LogP contribution in [0.25, 0.3) is 0 Å². The summed E-state index contributed by atoms with van der Waals surface area (Å²) in [4.78, 5) is 0. The van der Waals surface area contributed by atoms with Crippen LogP contribution < -0.4 is 0 Å². The molecule has 0 aliphatic carbocycles. The molecule has 0 radical (unpaired) electrons. The average Bonchev–Trinajstić information content (AvgIpc) is 2.08. The van der Waals surface area contributed by atoms with E-state index in [9.17, 15) is 0 Å². The van der Waals surface area contributed by atoms with E-state index in [1.54, 1.807) is 7.11 Å². The van der Waals surface area contributed by atoms with Gasteiger partial charge in [-0.2, -0.15) is 0 Å². The Labute approximate surface area is 143 Å². The van der Waals surface area contributed by atoms with Gasteiger partial charge in [-0.25, -0.2) is 0 Å². The highest BCUT2D eigenvalue weighted by Gasteiger charge is 2.36. The summed E-state index contributed by atoms with van der Waals surface area (Å²) in [6.45, 7) is 16.2. The first-order valence-corrected chi connectivity index (χ1v) is 12.1. The Morgan fingerprint density at radius 2 is 1.38 bits per heavy atom. The Hall–Kier alpha value is 0.757. The number of halogens is 2. The van der Waals surface area contributed by atoms with Gasteiger partial charge in [0.05, 0.1) is 0 Å². The zero-order valence-electron chi connectivity index (χ0n) is 15.6. The second kappa shape index (κ2) is 7.55. The van der Waals surface area contributed by atoms with Crippen LogP contribution >= 0.6 is 22.2 Å². The van der Waals surface area contributed by atoms with Crippen molar-refractivity contribution in [3.8, 4) is 0 Å². The number of hydrogen-bond acceptors (Lipinski definition) is 1. The summed E-state index contributed by atoms with van der Waals surface area (Å²) >= 11 is 12.5. The van der Waals surface area contributed by atoms with Gasteiger partial charge in [0, 0.05) is 7.11 Å². The van der Waals surface area contributed by atoms with Crippen molar-refractivity contribution < 1.29 is 4.43 Å². The third-order valence-corrected chi connectivity index (χ3v) is 7.37. The van der Waals surface area contributed by atoms with Crippen LogP contribution in [0, 0.1) is 22.2 Å². The molecule has 0 saturated carbocycles. The van der Waals surface area contributed by atoms with Gasteiger partial charge in [-0.3, -0.25) is 0 Å². The Morgan fingerprint density at radius 3 is 1.76 bits per heavy atom. The van der Waals surface area contributed by atoms with E-state index in [-0.39, 0.29) is 0 Å². The minimum absolute atomic E-state index is 0.292. The van der Waals surface area contributed by atoms with Crippen LogP contribution in [0.5, 0.6) is 0 Å². The van der Waals surface area contributed by atoms with Gasteiger partial charge in [0.1, 0.15) is 0 Å². The van der Waals surface area contributed by atoms with Crippen molar-refractivity contribution in [2.75, 3.05) is 7.11 Å². The van der Waals surface area contributed by atoms with Crippen molar-refractivity contribution in [2.45, 2.75) is 80.7 Å². The molecule has 4 heteroatoms. The molecule has 0 fully saturated rings. The first-order valence-electron chi connectivity index (χ1n) is 8.01. The Balaban J connectivity index is 4.62. The molecule has 1 unspecified atom stereocenters. The Morgan fingerprint density at radius 1 is 0.905 bits per heavy atom. The highest BCUT2D eigenvalue weighted by atomic mass is 35.7. The molecule has 1 nitrogen and oxygen atoms in total. The molecule has 0 rings (SSSR count). The molecule has 0 aromatic carbocycles. The van der Waals surface area contributed by atoms with Crippen LogP contribution in [0.4, 0.5) is 0 Å². The van der Waals surface area contributed by atoms with Gasteiger partial charge >= 0.3 is 6.94 Å². The van der Waals surface area contributed by atoms with Crippen molar-refractivity contribution in [1.82, 2.24) is 0 Å². The lowest BCUT2D eigenvalue weighted by molar-refractivity contribution is 0.117. The van der Waals surface area contributed by atoms with Crippen LogP contribution in [0.3, 0.4) is 0 Å². The first kappa shape index (κ1) is 21.8. The Kier molecular flexibility index (Phi) is 7.82. The number of rotatable bonds is 8. The molecule has 0 aromatic heterocycles. The van der Waals surface area contributed by atoms with Gasteiger partial charge in [-0.15, -0.1) is 22.2 Å². The molecule has 0 saturated heterocycles. The monoisotopic (exact) mass is 354 g/mol. The molecule has 0 aliphatic heterocycles. The van der Waals surface area contributed by atoms with E-state index in [4.69, 9.17) is 26.6 Å². The summed E-state index contributed by atoms with van der Waals surface area (Å²) < 4.78 is 5.26. The summed E-state index contributed by atoms with van der Waals surface area (Å²) in [5.41, 5.74) is 1.01. The topological polar surface area (TPSA) is 9.23 Å². The first-order chi connectivity index (χ1) is 9.08. The van der Waals surface area contributed by atoms with Gasteiger partial charge in [0.2, 0.25) is 0 Å². The second-order valence-electron chi connectivity index (χ2n) is 9.60. The smallest absolute Gasteiger partial charge is 0.389 e. The van der Waals surface area contributed by atoms with E-state index in [1.807, 2.05) is 0 Å². The van der Waals surface area contributed by atoms with Gasteiger partial charge < -0.3 is 4.43 Å². The van der Waals surface area contributed by atoms with Crippen molar-refractivity contribution in [3.63, 3.8) is 0 Å². The van der Waals surface area contributed by atoms with E-state index in [0.717, 1.165) is 12.5 Å². The predicted octanol–water partition coefficient (Wildman–Crippen LogP) is 6.95. The molecule has 0 bridgehead atoms. The largest absolute Gasteiger partial charge is 0.396 e. The lowest BCUT2D eigenvalue weighted by atomic mass is 9.66. The molecule has 1 atom stereocenters. The summed E-state index contributed by atoms with van der Waals surface area (Å²) in [6, 6.07) is 0.801. The van der Waals surface area contributed by atoms with Gasteiger partial charge in [0.25, 0.3) is 0 Å². The standard InChI is InChI=1S/C17H36Cl2OSi/c1-14(11-21(18,19)20-9)10-16(5,6)13-17(7,8)12-15(2,3)4/h14H,10-13H2,1-9H3. The zero-order valence-corrected chi connectivity index (χ0v) is 18.1. The van der Waals surface area contributed by atoms with Crippen LogP contribution in [0.15, 0.2) is 0 Å². The van der Waals surface area contributed by atoms with Crippen LogP contribution in [-0.2, 0) is 4.43 Å². The van der Waals surface area contributed by atoms with E-state index >= 15 is 0 Å². The van der Waals surface area contributed by atoms with Gasteiger partial charge in [-0.05, 0) is 47.5 Å². The summed E-state index contributed by atoms with van der Waals surface area (Å²) in [7, 11) is 1.62. The average molecular weight is 355 g/mol. The van der Waals surface area contributed by atoms with Gasteiger partial charge in [0.15, 0.2) is 0 Å². The molecular formula is C17H36Cl2OSi. The van der Waals surface area contributed by atoms with Crippen molar-refractivity contribution >= 4 is 29.1 Å². The molecule has 0 amide bonds. The summed E-state index contributed by atoms with van der Waals surface area (Å²) in [5, 5.41) is 0. The summed E-state index contributed by atoms with van der Waals surface area (Å²) in [6.07, 6.45) is 3.59. The molecule has 0 aliphatic rings. The maximum absolute atomic E-state index is 6.25. The normalized spacial score (nSPS) is 16.1. The van der Waals surface area contributed by atoms with Crippen molar-refractivity contribution in [3.05, 3.63) is 0 Å². The highest BCUT2D eigenvalue weighted by molar-refractivity contribution is 7.42. The third-order valence-electron chi connectivity index (χ3n) is 3.75. The predicted molar refractivity (Wildman–Crippen MR) is 99.3 cm³/mol. The minimum Gasteiger partial charge on any atom is -0.396 e. The Bertz CT molecular complexity index is 319. The maximum Gasteiger partial charge on any atom is 0.389 e.